The van der Waals surface area contributed by atoms with E-state index in [-0.39, 0.29) is 13.2 Å². The predicted molar refractivity (Wildman–Crippen MR) is 76.4 cm³/mol. The molecule has 0 saturated carbocycles. The molecule has 4 rings (SSSR count). The second-order valence-electron chi connectivity index (χ2n) is 4.97. The number of carbonyl (C=O) groups is 3. The molecule has 1 aromatic carbocycles. The predicted octanol–water partition coefficient (Wildman–Crippen LogP) is -1.04. The summed E-state index contributed by atoms with van der Waals surface area (Å²) in [5.41, 5.74) is 7.80. The standard InChI is InChI=1S/C13H13N3O6S/c14-12(19)21-7-9-13(11(18)16(9)23(13)20)10(17)15-22-6-8-4-2-1-3-5-8/h1-5,9H,6-7H2,(H2,14,19)(H,15,17)/t9-,13-,23?/m0/s1. The zero-order valence-electron chi connectivity index (χ0n) is 11.8. The van der Waals surface area contributed by atoms with E-state index in [9.17, 15) is 18.6 Å². The largest absolute Gasteiger partial charge is 0.447 e. The summed E-state index contributed by atoms with van der Waals surface area (Å²) in [6.07, 6.45) is -1.04. The molecule has 0 aliphatic carbocycles. The van der Waals surface area contributed by atoms with Gasteiger partial charge in [-0.05, 0) is 5.56 Å². The van der Waals surface area contributed by atoms with Crippen LogP contribution in [0.25, 0.3) is 0 Å². The summed E-state index contributed by atoms with van der Waals surface area (Å²) < 4.78 is 15.7. The number of β-lactam (4-membered cyclic amide) rings is 1. The maximum absolute atomic E-state index is 12.2. The van der Waals surface area contributed by atoms with Gasteiger partial charge in [-0.2, -0.15) is 0 Å². The van der Waals surface area contributed by atoms with Crippen molar-refractivity contribution in [3.8, 4) is 0 Å². The van der Waals surface area contributed by atoms with Gasteiger partial charge in [0.1, 0.15) is 12.6 Å². The van der Waals surface area contributed by atoms with Crippen LogP contribution in [0.5, 0.6) is 0 Å². The summed E-state index contributed by atoms with van der Waals surface area (Å²) >= 11 is 0. The molecule has 122 valence electrons. The van der Waals surface area contributed by atoms with Crippen molar-refractivity contribution < 1.29 is 28.2 Å². The number of rotatable bonds is 6. The molecule has 2 bridgehead atoms. The monoisotopic (exact) mass is 339 g/mol. The first kappa shape index (κ1) is 15.4. The molecule has 10 heteroatoms. The van der Waals surface area contributed by atoms with E-state index in [4.69, 9.17) is 10.6 Å². The fourth-order valence-corrected chi connectivity index (χ4v) is 4.12. The third-order valence-electron chi connectivity index (χ3n) is 3.69. The highest BCUT2D eigenvalue weighted by Gasteiger charge is 2.84. The number of nitrogens with zero attached hydrogens (tertiary/aromatic N) is 1. The van der Waals surface area contributed by atoms with Gasteiger partial charge in [-0.15, -0.1) is 0 Å². The fraction of sp³-hybridized carbons (Fsp3) is 0.308. The Hall–Kier alpha value is -2.46. The van der Waals surface area contributed by atoms with Crippen molar-refractivity contribution >= 4 is 28.9 Å². The lowest BCUT2D eigenvalue weighted by atomic mass is 9.87. The van der Waals surface area contributed by atoms with Crippen LogP contribution < -0.4 is 11.2 Å². The average molecular weight is 339 g/mol. The lowest BCUT2D eigenvalue weighted by Gasteiger charge is -2.63. The lowest BCUT2D eigenvalue weighted by molar-refractivity contribution is -0.165. The molecular weight excluding hydrogens is 326 g/mol. The Morgan fingerprint density at radius 2 is 2.04 bits per heavy atom. The molecule has 9 nitrogen and oxygen atoms in total. The number of primary amides is 1. The van der Waals surface area contributed by atoms with Crippen LogP contribution in [0.15, 0.2) is 30.3 Å². The number of hydrogen-bond acceptors (Lipinski definition) is 6. The van der Waals surface area contributed by atoms with Crippen LogP contribution in [0.4, 0.5) is 4.79 Å². The molecular formula is C13H13N3O6S. The molecule has 3 saturated heterocycles. The quantitative estimate of drug-likeness (QED) is 0.387. The van der Waals surface area contributed by atoms with Gasteiger partial charge in [0, 0.05) is 0 Å². The van der Waals surface area contributed by atoms with E-state index in [1.807, 2.05) is 18.2 Å². The van der Waals surface area contributed by atoms with E-state index in [0.29, 0.717) is 0 Å². The fourth-order valence-electron chi connectivity index (χ4n) is 2.50. The minimum Gasteiger partial charge on any atom is -0.447 e. The molecule has 3 heterocycles. The molecule has 0 aromatic heterocycles. The first-order valence-corrected chi connectivity index (χ1v) is 7.74. The SMILES string of the molecule is NC(=O)OC[C@@H]1N2C(=O)[C@]1(C(=O)NOCc1ccccc1)S2=O. The van der Waals surface area contributed by atoms with E-state index in [0.717, 1.165) is 9.87 Å². The summed E-state index contributed by atoms with van der Waals surface area (Å²) in [6, 6.07) is 8.26. The molecule has 3 aliphatic heterocycles. The van der Waals surface area contributed by atoms with Gasteiger partial charge in [-0.25, -0.2) is 18.8 Å². The van der Waals surface area contributed by atoms with Gasteiger partial charge in [-0.1, -0.05) is 30.3 Å². The van der Waals surface area contributed by atoms with E-state index in [1.54, 1.807) is 12.1 Å². The minimum atomic E-state index is -1.79. The number of benzene rings is 1. The Bertz CT molecular complexity index is 678. The highest BCUT2D eigenvalue weighted by molar-refractivity contribution is 7.91. The molecule has 1 unspecified atom stereocenters. The van der Waals surface area contributed by atoms with Gasteiger partial charge in [0.2, 0.25) is 4.75 Å². The zero-order valence-corrected chi connectivity index (χ0v) is 12.6. The van der Waals surface area contributed by atoms with Crippen LogP contribution in [0.3, 0.4) is 0 Å². The minimum absolute atomic E-state index is 0.0929. The highest BCUT2D eigenvalue weighted by Crippen LogP contribution is 2.51. The molecule has 1 aromatic rings. The third kappa shape index (κ3) is 2.18. The molecule has 23 heavy (non-hydrogen) atoms. The van der Waals surface area contributed by atoms with Crippen LogP contribution in [0.2, 0.25) is 0 Å². The first-order chi connectivity index (χ1) is 11.0. The Kier molecular flexibility index (Phi) is 3.78. The van der Waals surface area contributed by atoms with Crippen LogP contribution in [-0.2, 0) is 36.8 Å². The summed E-state index contributed by atoms with van der Waals surface area (Å²) in [7, 11) is -1.79. The molecule has 3 amide bonds. The number of amides is 3. The summed E-state index contributed by atoms with van der Waals surface area (Å²) in [5, 5.41) is 0. The van der Waals surface area contributed by atoms with E-state index in [2.05, 4.69) is 10.2 Å². The maximum atomic E-state index is 12.2. The summed E-state index contributed by atoms with van der Waals surface area (Å²) in [6.45, 7) is -0.200. The van der Waals surface area contributed by atoms with E-state index in [1.165, 1.54) is 0 Å². The number of nitrogens with one attached hydrogen (secondary N) is 1. The maximum Gasteiger partial charge on any atom is 0.404 e. The normalized spacial score (nSPS) is 27.7. The number of carbonyl (C=O) groups excluding carboxylic acids is 3. The van der Waals surface area contributed by atoms with Crippen LogP contribution >= 0.6 is 0 Å². The van der Waals surface area contributed by atoms with Crippen LogP contribution in [-0.4, -0.2) is 43.8 Å². The van der Waals surface area contributed by atoms with Crippen molar-refractivity contribution in [2.45, 2.75) is 17.4 Å². The number of hydroxylamine groups is 1. The smallest absolute Gasteiger partial charge is 0.404 e. The van der Waals surface area contributed by atoms with Gasteiger partial charge in [0.15, 0.2) is 11.0 Å². The van der Waals surface area contributed by atoms with Crippen LogP contribution in [0.1, 0.15) is 5.56 Å². The zero-order chi connectivity index (χ0) is 16.6. The van der Waals surface area contributed by atoms with E-state index < -0.39 is 39.7 Å². The van der Waals surface area contributed by atoms with Crippen molar-refractivity contribution in [1.82, 2.24) is 9.79 Å². The van der Waals surface area contributed by atoms with Crippen molar-refractivity contribution in [3.63, 3.8) is 0 Å². The van der Waals surface area contributed by atoms with Crippen molar-refractivity contribution in [1.29, 1.82) is 0 Å². The summed E-state index contributed by atoms with van der Waals surface area (Å²) in [5.74, 6) is -1.41. The molecule has 3 atom stereocenters. The van der Waals surface area contributed by atoms with Gasteiger partial charge < -0.3 is 10.5 Å². The number of ether oxygens (including phenoxy) is 1. The molecule has 3 aliphatic rings. The molecule has 0 radical (unpaired) electrons. The second-order valence-corrected chi connectivity index (χ2v) is 6.50. The number of nitrogens with two attached hydrogens (primary N) is 1. The molecule has 3 fully saturated rings. The highest BCUT2D eigenvalue weighted by atomic mass is 32.2. The Morgan fingerprint density at radius 3 is 2.61 bits per heavy atom. The third-order valence-corrected chi connectivity index (χ3v) is 5.65. The van der Waals surface area contributed by atoms with Gasteiger partial charge in [0.25, 0.3) is 11.8 Å². The molecule has 0 spiro atoms. The summed E-state index contributed by atoms with van der Waals surface area (Å²) in [4.78, 5) is 39.7. The first-order valence-electron chi connectivity index (χ1n) is 6.63. The van der Waals surface area contributed by atoms with Crippen molar-refractivity contribution in [3.05, 3.63) is 35.9 Å². The number of hydrogen-bond donors (Lipinski definition) is 2. The van der Waals surface area contributed by atoms with Gasteiger partial charge >= 0.3 is 6.09 Å². The van der Waals surface area contributed by atoms with E-state index >= 15 is 0 Å². The average Bonchev–Trinajstić information content (AvgIpc) is 2.51. The molecule has 3 N–H and O–H groups in total. The topological polar surface area (TPSA) is 128 Å². The second kappa shape index (κ2) is 5.63. The van der Waals surface area contributed by atoms with Crippen LogP contribution in [0, 0.1) is 0 Å². The Morgan fingerprint density at radius 1 is 1.35 bits per heavy atom. The van der Waals surface area contributed by atoms with Crippen molar-refractivity contribution in [2.75, 3.05) is 6.61 Å². The Labute approximate surface area is 133 Å². The Balaban J connectivity index is 1.59. The van der Waals surface area contributed by atoms with Gasteiger partial charge in [0.05, 0.1) is 6.61 Å². The van der Waals surface area contributed by atoms with Gasteiger partial charge in [-0.3, -0.25) is 14.4 Å². The lowest BCUT2D eigenvalue weighted by Crippen LogP contribution is -2.94. The van der Waals surface area contributed by atoms with Crippen molar-refractivity contribution in [2.24, 2.45) is 5.73 Å².